The number of hydrogen-bond donors (Lipinski definition) is 2. The van der Waals surface area contributed by atoms with Crippen molar-refractivity contribution in [3.63, 3.8) is 0 Å². The van der Waals surface area contributed by atoms with Crippen molar-refractivity contribution in [3.05, 3.63) is 65.7 Å². The molecule has 2 aromatic carbocycles. The molecule has 0 bridgehead atoms. The standard InChI is InChI=1S/C19H25NO/c1-3-19(4-2,16-8-6-5-7-9-16)18(20)14-15-10-12-17(21)13-11-15/h5-13,18,21H,3-4,14,20H2,1-2H3. The van der Waals surface area contributed by atoms with Crippen molar-refractivity contribution in [2.75, 3.05) is 0 Å². The molecule has 0 aliphatic heterocycles. The highest BCUT2D eigenvalue weighted by Gasteiger charge is 2.34. The quantitative estimate of drug-likeness (QED) is 0.841. The molecular formula is C19H25NO. The van der Waals surface area contributed by atoms with Crippen molar-refractivity contribution in [3.8, 4) is 5.75 Å². The van der Waals surface area contributed by atoms with E-state index in [-0.39, 0.29) is 11.5 Å². The molecule has 112 valence electrons. The van der Waals surface area contributed by atoms with Gasteiger partial charge in [0.15, 0.2) is 0 Å². The summed E-state index contributed by atoms with van der Waals surface area (Å²) in [6.07, 6.45) is 2.86. The Balaban J connectivity index is 2.27. The van der Waals surface area contributed by atoms with Gasteiger partial charge in [-0.3, -0.25) is 0 Å². The Bertz CT molecular complexity index is 544. The summed E-state index contributed by atoms with van der Waals surface area (Å²) in [5.74, 6) is 0.299. The van der Waals surface area contributed by atoms with Gasteiger partial charge in [-0.2, -0.15) is 0 Å². The van der Waals surface area contributed by atoms with Crippen LogP contribution in [0, 0.1) is 0 Å². The smallest absolute Gasteiger partial charge is 0.115 e. The number of aromatic hydroxyl groups is 1. The zero-order chi connectivity index (χ0) is 15.3. The van der Waals surface area contributed by atoms with Gasteiger partial charge in [0, 0.05) is 11.5 Å². The summed E-state index contributed by atoms with van der Waals surface area (Å²) in [6, 6.07) is 18.0. The SMILES string of the molecule is CCC(CC)(c1ccccc1)C(N)Cc1ccc(O)cc1. The molecule has 0 spiro atoms. The van der Waals surface area contributed by atoms with E-state index in [0.29, 0.717) is 5.75 Å². The maximum Gasteiger partial charge on any atom is 0.115 e. The molecule has 0 aliphatic rings. The minimum atomic E-state index is -0.000847. The van der Waals surface area contributed by atoms with Gasteiger partial charge in [-0.25, -0.2) is 0 Å². The van der Waals surface area contributed by atoms with Crippen molar-refractivity contribution >= 4 is 0 Å². The first-order chi connectivity index (χ1) is 10.1. The molecule has 2 nitrogen and oxygen atoms in total. The predicted octanol–water partition coefficient (Wildman–Crippen LogP) is 4.02. The van der Waals surface area contributed by atoms with Crippen molar-refractivity contribution in [1.29, 1.82) is 0 Å². The van der Waals surface area contributed by atoms with E-state index in [0.717, 1.165) is 19.3 Å². The Morgan fingerprint density at radius 1 is 0.952 bits per heavy atom. The van der Waals surface area contributed by atoms with E-state index < -0.39 is 0 Å². The molecule has 2 rings (SSSR count). The van der Waals surface area contributed by atoms with Crippen LogP contribution in [-0.2, 0) is 11.8 Å². The fourth-order valence-corrected chi connectivity index (χ4v) is 3.25. The molecule has 0 heterocycles. The van der Waals surface area contributed by atoms with Crippen LogP contribution in [-0.4, -0.2) is 11.1 Å². The first kappa shape index (κ1) is 15.6. The molecule has 0 amide bonds. The Labute approximate surface area is 127 Å². The molecule has 0 saturated carbocycles. The average molecular weight is 283 g/mol. The molecule has 2 heteroatoms. The van der Waals surface area contributed by atoms with Crippen LogP contribution in [0.5, 0.6) is 5.75 Å². The molecule has 0 aromatic heterocycles. The minimum Gasteiger partial charge on any atom is -0.508 e. The monoisotopic (exact) mass is 283 g/mol. The van der Waals surface area contributed by atoms with E-state index in [4.69, 9.17) is 5.73 Å². The van der Waals surface area contributed by atoms with E-state index in [9.17, 15) is 5.11 Å². The number of benzene rings is 2. The van der Waals surface area contributed by atoms with Gasteiger partial charge < -0.3 is 10.8 Å². The highest BCUT2D eigenvalue weighted by atomic mass is 16.3. The maximum absolute atomic E-state index is 9.39. The summed E-state index contributed by atoms with van der Waals surface area (Å²) in [4.78, 5) is 0. The lowest BCUT2D eigenvalue weighted by atomic mass is 9.69. The first-order valence-electron chi connectivity index (χ1n) is 7.71. The van der Waals surface area contributed by atoms with E-state index in [1.165, 1.54) is 11.1 Å². The fraction of sp³-hybridized carbons (Fsp3) is 0.368. The van der Waals surface area contributed by atoms with Gasteiger partial charge in [0.1, 0.15) is 5.75 Å². The van der Waals surface area contributed by atoms with Crippen LogP contribution < -0.4 is 5.73 Å². The number of nitrogens with two attached hydrogens (primary N) is 1. The molecular weight excluding hydrogens is 258 g/mol. The van der Waals surface area contributed by atoms with Crippen LogP contribution >= 0.6 is 0 Å². The highest BCUT2D eigenvalue weighted by Crippen LogP contribution is 2.35. The predicted molar refractivity (Wildman–Crippen MR) is 88.5 cm³/mol. The normalized spacial score (nSPS) is 13.1. The lowest BCUT2D eigenvalue weighted by Gasteiger charge is -2.38. The van der Waals surface area contributed by atoms with E-state index in [1.807, 2.05) is 18.2 Å². The van der Waals surface area contributed by atoms with Crippen LogP contribution in [0.1, 0.15) is 37.8 Å². The highest BCUT2D eigenvalue weighted by molar-refractivity contribution is 5.31. The molecule has 3 N–H and O–H groups in total. The van der Waals surface area contributed by atoms with Crippen LogP contribution in [0.15, 0.2) is 54.6 Å². The molecule has 0 saturated heterocycles. The zero-order valence-corrected chi connectivity index (χ0v) is 12.9. The third kappa shape index (κ3) is 3.27. The van der Waals surface area contributed by atoms with E-state index in [1.54, 1.807) is 12.1 Å². The third-order valence-electron chi connectivity index (χ3n) is 4.71. The van der Waals surface area contributed by atoms with Gasteiger partial charge in [-0.05, 0) is 42.5 Å². The number of rotatable bonds is 6. The lowest BCUT2D eigenvalue weighted by Crippen LogP contribution is -2.46. The van der Waals surface area contributed by atoms with Crippen LogP contribution in [0.4, 0.5) is 0 Å². The van der Waals surface area contributed by atoms with E-state index >= 15 is 0 Å². The second kappa shape index (κ2) is 6.77. The molecule has 0 radical (unpaired) electrons. The fourth-order valence-electron chi connectivity index (χ4n) is 3.25. The van der Waals surface area contributed by atoms with Gasteiger partial charge in [-0.15, -0.1) is 0 Å². The molecule has 0 fully saturated rings. The summed E-state index contributed by atoms with van der Waals surface area (Å²) in [6.45, 7) is 4.43. The summed E-state index contributed by atoms with van der Waals surface area (Å²) in [5.41, 5.74) is 9.10. The lowest BCUT2D eigenvalue weighted by molar-refractivity contribution is 0.315. The Hall–Kier alpha value is -1.80. The summed E-state index contributed by atoms with van der Waals surface area (Å²) < 4.78 is 0. The Morgan fingerprint density at radius 2 is 1.52 bits per heavy atom. The summed E-state index contributed by atoms with van der Waals surface area (Å²) in [7, 11) is 0. The topological polar surface area (TPSA) is 46.2 Å². The van der Waals surface area contributed by atoms with Crippen LogP contribution in [0.25, 0.3) is 0 Å². The van der Waals surface area contributed by atoms with Crippen molar-refractivity contribution in [1.82, 2.24) is 0 Å². The second-order valence-corrected chi connectivity index (χ2v) is 5.71. The third-order valence-corrected chi connectivity index (χ3v) is 4.71. The molecule has 1 unspecified atom stereocenters. The number of hydrogen-bond acceptors (Lipinski definition) is 2. The largest absolute Gasteiger partial charge is 0.508 e. The van der Waals surface area contributed by atoms with Gasteiger partial charge in [-0.1, -0.05) is 56.3 Å². The number of phenols is 1. The first-order valence-corrected chi connectivity index (χ1v) is 7.71. The van der Waals surface area contributed by atoms with Gasteiger partial charge >= 0.3 is 0 Å². The van der Waals surface area contributed by atoms with Crippen molar-refractivity contribution in [2.45, 2.75) is 44.6 Å². The zero-order valence-electron chi connectivity index (χ0n) is 12.9. The molecule has 1 atom stereocenters. The van der Waals surface area contributed by atoms with Gasteiger partial charge in [0.2, 0.25) is 0 Å². The van der Waals surface area contributed by atoms with Gasteiger partial charge in [0.05, 0.1) is 0 Å². The van der Waals surface area contributed by atoms with Gasteiger partial charge in [0.25, 0.3) is 0 Å². The summed E-state index contributed by atoms with van der Waals surface area (Å²) in [5, 5.41) is 9.39. The Kier molecular flexibility index (Phi) is 5.03. The Morgan fingerprint density at radius 3 is 2.05 bits per heavy atom. The molecule has 0 aliphatic carbocycles. The average Bonchev–Trinajstić information content (AvgIpc) is 2.52. The molecule has 21 heavy (non-hydrogen) atoms. The van der Waals surface area contributed by atoms with Crippen molar-refractivity contribution in [2.24, 2.45) is 5.73 Å². The second-order valence-electron chi connectivity index (χ2n) is 5.71. The van der Waals surface area contributed by atoms with Crippen molar-refractivity contribution < 1.29 is 5.11 Å². The minimum absolute atomic E-state index is 0.000847. The maximum atomic E-state index is 9.39. The summed E-state index contributed by atoms with van der Waals surface area (Å²) >= 11 is 0. The van der Waals surface area contributed by atoms with Crippen LogP contribution in [0.3, 0.4) is 0 Å². The number of phenolic OH excluding ortho intramolecular Hbond substituents is 1. The molecule has 2 aromatic rings. The van der Waals surface area contributed by atoms with E-state index in [2.05, 4.69) is 38.1 Å². The van der Waals surface area contributed by atoms with Crippen LogP contribution in [0.2, 0.25) is 0 Å².